The van der Waals surface area contributed by atoms with Crippen LogP contribution in [0.2, 0.25) is 5.02 Å². The molecule has 0 atom stereocenters. The first-order chi connectivity index (χ1) is 10.8. The first kappa shape index (κ1) is 14.9. The minimum absolute atomic E-state index is 0.743. The highest BCUT2D eigenvalue weighted by Crippen LogP contribution is 2.21. The zero-order valence-corrected chi connectivity index (χ0v) is 13.5. The molecule has 0 aliphatic carbocycles. The molecule has 0 aliphatic heterocycles. The minimum atomic E-state index is 0.743. The van der Waals surface area contributed by atoms with Crippen LogP contribution in [0.25, 0.3) is 11.0 Å². The van der Waals surface area contributed by atoms with Crippen molar-refractivity contribution in [1.82, 2.24) is 9.55 Å². The molecule has 22 heavy (non-hydrogen) atoms. The van der Waals surface area contributed by atoms with Crippen LogP contribution in [0.4, 0.5) is 5.95 Å². The summed E-state index contributed by atoms with van der Waals surface area (Å²) < 4.78 is 2.27. The Hall–Kier alpha value is -2.00. The fraction of sp³-hybridized carbons (Fsp3) is 0.278. The quantitative estimate of drug-likeness (QED) is 0.686. The minimum Gasteiger partial charge on any atom is -0.352 e. The normalized spacial score (nSPS) is 11.0. The molecule has 1 N–H and O–H groups in total. The number of hydrogen-bond acceptors (Lipinski definition) is 2. The number of imidazole rings is 1. The van der Waals surface area contributed by atoms with Gasteiger partial charge in [-0.2, -0.15) is 0 Å². The van der Waals surface area contributed by atoms with Gasteiger partial charge in [0.15, 0.2) is 0 Å². The van der Waals surface area contributed by atoms with E-state index in [0.29, 0.717) is 0 Å². The Bertz CT molecular complexity index is 747. The molecule has 2 aromatic carbocycles. The number of para-hydroxylation sites is 2. The van der Waals surface area contributed by atoms with Gasteiger partial charge in [-0.1, -0.05) is 49.2 Å². The number of nitrogens with zero attached hydrogens (tertiary/aromatic N) is 2. The third-order valence-electron chi connectivity index (χ3n) is 3.75. The van der Waals surface area contributed by atoms with Crippen LogP contribution in [0.15, 0.2) is 48.5 Å². The van der Waals surface area contributed by atoms with Crippen LogP contribution >= 0.6 is 11.6 Å². The fourth-order valence-electron chi connectivity index (χ4n) is 2.54. The molecule has 1 heterocycles. The molecular weight excluding hydrogens is 294 g/mol. The highest BCUT2D eigenvalue weighted by molar-refractivity contribution is 6.30. The molecule has 0 saturated heterocycles. The number of fused-ring (bicyclic) bond motifs is 1. The Balaban J connectivity index is 1.83. The second kappa shape index (κ2) is 6.84. The summed E-state index contributed by atoms with van der Waals surface area (Å²) in [6, 6.07) is 16.2. The third-order valence-corrected chi connectivity index (χ3v) is 4.01. The molecule has 4 heteroatoms. The summed E-state index contributed by atoms with van der Waals surface area (Å²) in [5.74, 6) is 0.935. The molecule has 3 rings (SSSR count). The Kier molecular flexibility index (Phi) is 4.64. The van der Waals surface area contributed by atoms with E-state index in [9.17, 15) is 0 Å². The van der Waals surface area contributed by atoms with Gasteiger partial charge in [-0.05, 0) is 36.2 Å². The number of nitrogens with one attached hydrogen (secondary N) is 1. The van der Waals surface area contributed by atoms with Gasteiger partial charge in [-0.25, -0.2) is 4.98 Å². The largest absolute Gasteiger partial charge is 0.352 e. The van der Waals surface area contributed by atoms with Gasteiger partial charge in [0.05, 0.1) is 11.0 Å². The van der Waals surface area contributed by atoms with Crippen molar-refractivity contribution in [1.29, 1.82) is 0 Å². The fourth-order valence-corrected chi connectivity index (χ4v) is 2.66. The standard InChI is InChI=1S/C18H20ClN3/c1-2-3-12-22-17-7-5-4-6-16(17)21-18(22)20-13-14-8-10-15(19)11-9-14/h4-11H,2-3,12-13H2,1H3,(H,20,21). The number of rotatable bonds is 6. The average Bonchev–Trinajstić information content (AvgIpc) is 2.90. The summed E-state index contributed by atoms with van der Waals surface area (Å²) in [6.45, 7) is 3.94. The van der Waals surface area contributed by atoms with Crippen LogP contribution < -0.4 is 5.32 Å². The lowest BCUT2D eigenvalue weighted by molar-refractivity contribution is 0.649. The van der Waals surface area contributed by atoms with E-state index in [-0.39, 0.29) is 0 Å². The monoisotopic (exact) mass is 313 g/mol. The molecule has 114 valence electrons. The van der Waals surface area contributed by atoms with Crippen molar-refractivity contribution in [3.05, 3.63) is 59.1 Å². The molecular formula is C18H20ClN3. The van der Waals surface area contributed by atoms with Crippen LogP contribution in [-0.2, 0) is 13.1 Å². The molecule has 1 aromatic heterocycles. The lowest BCUT2D eigenvalue weighted by Crippen LogP contribution is -2.07. The molecule has 0 unspecified atom stereocenters. The van der Waals surface area contributed by atoms with Gasteiger partial charge in [0.2, 0.25) is 5.95 Å². The summed E-state index contributed by atoms with van der Waals surface area (Å²) in [5.41, 5.74) is 3.42. The van der Waals surface area contributed by atoms with Crippen LogP contribution in [0.5, 0.6) is 0 Å². The number of aromatic nitrogens is 2. The average molecular weight is 314 g/mol. The molecule has 0 saturated carbocycles. The van der Waals surface area contributed by atoms with Crippen LogP contribution in [-0.4, -0.2) is 9.55 Å². The molecule has 3 aromatic rings. The number of unbranched alkanes of at least 4 members (excludes halogenated alkanes) is 1. The van der Waals surface area contributed by atoms with Crippen molar-refractivity contribution in [3.8, 4) is 0 Å². The van der Waals surface area contributed by atoms with Crippen LogP contribution in [0.1, 0.15) is 25.3 Å². The van der Waals surface area contributed by atoms with Gasteiger partial charge >= 0.3 is 0 Å². The van der Waals surface area contributed by atoms with Gasteiger partial charge in [0.25, 0.3) is 0 Å². The van der Waals surface area contributed by atoms with E-state index in [1.165, 1.54) is 17.5 Å². The highest BCUT2D eigenvalue weighted by atomic mass is 35.5. The molecule has 0 aliphatic rings. The summed E-state index contributed by atoms with van der Waals surface area (Å²) in [6.07, 6.45) is 2.32. The van der Waals surface area contributed by atoms with E-state index in [2.05, 4.69) is 35.0 Å². The number of hydrogen-bond donors (Lipinski definition) is 1. The first-order valence-electron chi connectivity index (χ1n) is 7.71. The summed E-state index contributed by atoms with van der Waals surface area (Å²) in [4.78, 5) is 4.72. The van der Waals surface area contributed by atoms with Crippen LogP contribution in [0, 0.1) is 0 Å². The highest BCUT2D eigenvalue weighted by Gasteiger charge is 2.09. The molecule has 0 bridgehead atoms. The van der Waals surface area contributed by atoms with Gasteiger partial charge in [-0.3, -0.25) is 0 Å². The molecule has 3 nitrogen and oxygen atoms in total. The van der Waals surface area contributed by atoms with Gasteiger partial charge in [-0.15, -0.1) is 0 Å². The topological polar surface area (TPSA) is 29.9 Å². The van der Waals surface area contributed by atoms with E-state index in [4.69, 9.17) is 16.6 Å². The van der Waals surface area contributed by atoms with E-state index < -0.39 is 0 Å². The Morgan fingerprint density at radius 3 is 2.64 bits per heavy atom. The van der Waals surface area contributed by atoms with Gasteiger partial charge in [0.1, 0.15) is 0 Å². The zero-order valence-electron chi connectivity index (χ0n) is 12.7. The van der Waals surface area contributed by atoms with Crippen molar-refractivity contribution in [2.24, 2.45) is 0 Å². The summed E-state index contributed by atoms with van der Waals surface area (Å²) in [5, 5.41) is 4.22. The Labute approximate surface area is 135 Å². The van der Waals surface area contributed by atoms with Crippen molar-refractivity contribution >= 4 is 28.6 Å². The summed E-state index contributed by atoms with van der Waals surface area (Å²) in [7, 11) is 0. The lowest BCUT2D eigenvalue weighted by atomic mass is 10.2. The number of halogens is 1. The van der Waals surface area contributed by atoms with E-state index in [1.54, 1.807) is 0 Å². The number of anilines is 1. The summed E-state index contributed by atoms with van der Waals surface area (Å²) >= 11 is 5.93. The number of benzene rings is 2. The van der Waals surface area contributed by atoms with Gasteiger partial charge < -0.3 is 9.88 Å². The maximum atomic E-state index is 5.93. The van der Waals surface area contributed by atoms with Gasteiger partial charge in [0, 0.05) is 18.1 Å². The predicted molar refractivity (Wildman–Crippen MR) is 93.4 cm³/mol. The van der Waals surface area contributed by atoms with Crippen molar-refractivity contribution in [3.63, 3.8) is 0 Å². The molecule has 0 amide bonds. The Morgan fingerprint density at radius 2 is 1.86 bits per heavy atom. The van der Waals surface area contributed by atoms with E-state index in [0.717, 1.165) is 36.0 Å². The second-order valence-corrected chi connectivity index (χ2v) is 5.85. The van der Waals surface area contributed by atoms with Crippen molar-refractivity contribution in [2.45, 2.75) is 32.9 Å². The van der Waals surface area contributed by atoms with Crippen molar-refractivity contribution < 1.29 is 0 Å². The smallest absolute Gasteiger partial charge is 0.204 e. The van der Waals surface area contributed by atoms with E-state index in [1.807, 2.05) is 30.3 Å². The zero-order chi connectivity index (χ0) is 15.4. The molecule has 0 fully saturated rings. The SMILES string of the molecule is CCCCn1c(NCc2ccc(Cl)cc2)nc2ccccc21. The maximum absolute atomic E-state index is 5.93. The lowest BCUT2D eigenvalue weighted by Gasteiger charge is -2.10. The maximum Gasteiger partial charge on any atom is 0.204 e. The van der Waals surface area contributed by atoms with Crippen LogP contribution in [0.3, 0.4) is 0 Å². The molecule has 0 spiro atoms. The first-order valence-corrected chi connectivity index (χ1v) is 8.09. The predicted octanol–water partition coefficient (Wildman–Crippen LogP) is 5.10. The van der Waals surface area contributed by atoms with E-state index >= 15 is 0 Å². The van der Waals surface area contributed by atoms with Crippen molar-refractivity contribution in [2.75, 3.05) is 5.32 Å². The third kappa shape index (κ3) is 3.25. The Morgan fingerprint density at radius 1 is 1.09 bits per heavy atom. The second-order valence-electron chi connectivity index (χ2n) is 5.41. The molecule has 0 radical (unpaired) electrons. The number of aryl methyl sites for hydroxylation is 1.